The van der Waals surface area contributed by atoms with Crippen LogP contribution >= 0.6 is 23.4 Å². The van der Waals surface area contributed by atoms with Crippen LogP contribution in [0.15, 0.2) is 29.2 Å². The summed E-state index contributed by atoms with van der Waals surface area (Å²) in [7, 11) is 0. The van der Waals surface area contributed by atoms with Gasteiger partial charge in [-0.3, -0.25) is 9.69 Å². The first-order chi connectivity index (χ1) is 12.1. The molecule has 1 heterocycles. The molecule has 1 aromatic carbocycles. The molecule has 4 nitrogen and oxygen atoms in total. The van der Waals surface area contributed by atoms with Gasteiger partial charge in [-0.1, -0.05) is 32.4 Å². The number of thioether (sulfide) groups is 1. The van der Waals surface area contributed by atoms with E-state index in [0.29, 0.717) is 12.5 Å². The number of hydrogen-bond donors (Lipinski definition) is 0. The van der Waals surface area contributed by atoms with Crippen molar-refractivity contribution in [1.82, 2.24) is 9.97 Å². The number of rotatable bonds is 5. The van der Waals surface area contributed by atoms with Crippen molar-refractivity contribution < 1.29 is 4.79 Å². The third-order valence-corrected chi connectivity index (χ3v) is 5.34. The average Bonchev–Trinajstić information content (AvgIpc) is 2.55. The molecule has 2 aromatic rings. The van der Waals surface area contributed by atoms with Crippen molar-refractivity contribution in [2.45, 2.75) is 52.2 Å². The molecule has 0 saturated carbocycles. The molecule has 1 aromatic heterocycles. The predicted octanol–water partition coefficient (Wildman–Crippen LogP) is 5.44. The summed E-state index contributed by atoms with van der Waals surface area (Å²) in [5.41, 5.74) is 2.46. The first-order valence-corrected chi connectivity index (χ1v) is 10.0. The zero-order valence-corrected chi connectivity index (χ0v) is 17.8. The molecule has 0 aliphatic rings. The molecule has 6 heteroatoms. The van der Waals surface area contributed by atoms with Crippen molar-refractivity contribution in [3.8, 4) is 0 Å². The van der Waals surface area contributed by atoms with Gasteiger partial charge in [0.25, 0.3) is 0 Å². The van der Waals surface area contributed by atoms with Gasteiger partial charge in [-0.2, -0.15) is 0 Å². The lowest BCUT2D eigenvalue weighted by Gasteiger charge is -2.27. The Labute approximate surface area is 165 Å². The van der Waals surface area contributed by atoms with E-state index in [1.807, 2.05) is 65.8 Å². The molecule has 0 atom stereocenters. The Morgan fingerprint density at radius 2 is 1.65 bits per heavy atom. The minimum atomic E-state index is -0.468. The first-order valence-electron chi connectivity index (χ1n) is 8.68. The first kappa shape index (κ1) is 20.7. The zero-order valence-electron chi connectivity index (χ0n) is 16.3. The second kappa shape index (κ2) is 8.40. The smallest absolute Gasteiger partial charge is 0.234 e. The molecule has 0 spiro atoms. The van der Waals surface area contributed by atoms with Crippen LogP contribution in [0.3, 0.4) is 0 Å². The minimum Gasteiger partial charge on any atom is -0.281 e. The molecular weight excluding hydrogens is 366 g/mol. The van der Waals surface area contributed by atoms with Gasteiger partial charge >= 0.3 is 0 Å². The molecule has 0 fully saturated rings. The number of halogens is 1. The molecule has 0 saturated heterocycles. The van der Waals surface area contributed by atoms with Gasteiger partial charge < -0.3 is 0 Å². The largest absolute Gasteiger partial charge is 0.281 e. The van der Waals surface area contributed by atoms with Crippen molar-refractivity contribution in [3.05, 3.63) is 46.2 Å². The Morgan fingerprint density at radius 1 is 1.12 bits per heavy atom. The molecule has 0 unspecified atom stereocenters. The van der Waals surface area contributed by atoms with Gasteiger partial charge in [0.15, 0.2) is 0 Å². The molecule has 2 rings (SSSR count). The van der Waals surface area contributed by atoms with E-state index in [-0.39, 0.29) is 5.91 Å². The van der Waals surface area contributed by atoms with E-state index < -0.39 is 5.41 Å². The summed E-state index contributed by atoms with van der Waals surface area (Å²) in [6, 6.07) is 7.79. The fraction of sp³-hybridized carbons (Fsp3) is 0.450. The lowest BCUT2D eigenvalue weighted by molar-refractivity contribution is -0.125. The van der Waals surface area contributed by atoms with Crippen LogP contribution in [-0.2, 0) is 10.5 Å². The van der Waals surface area contributed by atoms with Crippen molar-refractivity contribution in [2.75, 3.05) is 11.4 Å². The number of carbonyl (C=O) groups excluding carboxylic acids is 1. The van der Waals surface area contributed by atoms with Gasteiger partial charge in [0.2, 0.25) is 11.9 Å². The van der Waals surface area contributed by atoms with Crippen LogP contribution in [-0.4, -0.2) is 22.4 Å². The molecule has 1 amide bonds. The number of nitrogens with zero attached hydrogens (tertiary/aromatic N) is 3. The van der Waals surface area contributed by atoms with Crippen LogP contribution < -0.4 is 4.90 Å². The highest BCUT2D eigenvalue weighted by molar-refractivity contribution is 7.98. The summed E-state index contributed by atoms with van der Waals surface area (Å²) in [5.74, 6) is 1.30. The van der Waals surface area contributed by atoms with Gasteiger partial charge in [-0.05, 0) is 45.0 Å². The van der Waals surface area contributed by atoms with E-state index in [2.05, 4.69) is 9.97 Å². The number of carbonyl (C=O) groups is 1. The fourth-order valence-corrected chi connectivity index (χ4v) is 3.70. The summed E-state index contributed by atoms with van der Waals surface area (Å²) >= 11 is 7.66. The van der Waals surface area contributed by atoms with Gasteiger partial charge in [0, 0.05) is 44.6 Å². The van der Waals surface area contributed by atoms with Crippen molar-refractivity contribution >= 4 is 35.2 Å². The van der Waals surface area contributed by atoms with Crippen LogP contribution in [0.2, 0.25) is 5.02 Å². The Kier molecular flexibility index (Phi) is 6.69. The van der Waals surface area contributed by atoms with E-state index in [0.717, 1.165) is 32.6 Å². The number of anilines is 1. The maximum absolute atomic E-state index is 12.7. The van der Waals surface area contributed by atoms with Gasteiger partial charge in [0.05, 0.1) is 0 Å². The number of aromatic nitrogens is 2. The summed E-state index contributed by atoms with van der Waals surface area (Å²) in [5, 5.41) is 0.734. The number of aryl methyl sites for hydroxylation is 2. The summed E-state index contributed by atoms with van der Waals surface area (Å²) in [6.07, 6.45) is 0. The fourth-order valence-electron chi connectivity index (χ4n) is 2.52. The van der Waals surface area contributed by atoms with Gasteiger partial charge in [-0.15, -0.1) is 11.8 Å². The van der Waals surface area contributed by atoms with Gasteiger partial charge in [0.1, 0.15) is 0 Å². The Hall–Kier alpha value is -1.59. The Balaban J connectivity index is 2.24. The summed E-state index contributed by atoms with van der Waals surface area (Å²) in [6.45, 7) is 12.2. The molecule has 0 aliphatic carbocycles. The highest BCUT2D eigenvalue weighted by Crippen LogP contribution is 2.28. The van der Waals surface area contributed by atoms with Crippen LogP contribution in [0.25, 0.3) is 0 Å². The van der Waals surface area contributed by atoms with Crippen molar-refractivity contribution in [3.63, 3.8) is 0 Å². The zero-order chi connectivity index (χ0) is 19.5. The lowest BCUT2D eigenvalue weighted by Crippen LogP contribution is -2.40. The van der Waals surface area contributed by atoms with E-state index in [4.69, 9.17) is 11.6 Å². The number of benzene rings is 1. The van der Waals surface area contributed by atoms with E-state index in [1.54, 1.807) is 16.7 Å². The van der Waals surface area contributed by atoms with Crippen LogP contribution in [0.1, 0.15) is 44.6 Å². The average molecular weight is 392 g/mol. The van der Waals surface area contributed by atoms with Crippen LogP contribution in [0.5, 0.6) is 0 Å². The van der Waals surface area contributed by atoms with E-state index >= 15 is 0 Å². The maximum atomic E-state index is 12.7. The molecule has 26 heavy (non-hydrogen) atoms. The molecule has 0 radical (unpaired) electrons. The number of hydrogen-bond acceptors (Lipinski definition) is 4. The number of amides is 1. The molecule has 140 valence electrons. The standard InChI is InChI=1S/C20H26ClN3OS/c1-7-24(18(25)20(4,5)6)19-22-13(2)17(14(3)23-19)12-26-16-10-8-15(21)9-11-16/h8-11H,7,12H2,1-6H3. The maximum Gasteiger partial charge on any atom is 0.234 e. The van der Waals surface area contributed by atoms with E-state index in [1.165, 1.54) is 0 Å². The highest BCUT2D eigenvalue weighted by atomic mass is 35.5. The molecule has 0 bridgehead atoms. The van der Waals surface area contributed by atoms with Gasteiger partial charge in [-0.25, -0.2) is 9.97 Å². The van der Waals surface area contributed by atoms with Crippen molar-refractivity contribution in [1.29, 1.82) is 0 Å². The molecule has 0 aliphatic heterocycles. The Morgan fingerprint density at radius 3 is 2.12 bits per heavy atom. The summed E-state index contributed by atoms with van der Waals surface area (Å²) in [4.78, 5) is 24.7. The predicted molar refractivity (Wildman–Crippen MR) is 110 cm³/mol. The van der Waals surface area contributed by atoms with Crippen LogP contribution in [0.4, 0.5) is 5.95 Å². The highest BCUT2D eigenvalue weighted by Gasteiger charge is 2.29. The quantitative estimate of drug-likeness (QED) is 0.637. The topological polar surface area (TPSA) is 46.1 Å². The van der Waals surface area contributed by atoms with Crippen molar-refractivity contribution in [2.24, 2.45) is 5.41 Å². The second-order valence-electron chi connectivity index (χ2n) is 7.21. The second-order valence-corrected chi connectivity index (χ2v) is 8.70. The van der Waals surface area contributed by atoms with E-state index in [9.17, 15) is 4.79 Å². The monoisotopic (exact) mass is 391 g/mol. The minimum absolute atomic E-state index is 0.0297. The SMILES string of the molecule is CCN(C(=O)C(C)(C)C)c1nc(C)c(CSc2ccc(Cl)cc2)c(C)n1. The third-order valence-electron chi connectivity index (χ3n) is 4.05. The normalized spacial score (nSPS) is 11.5. The molecular formula is C20H26ClN3OS. The Bertz CT molecular complexity index is 762. The lowest BCUT2D eigenvalue weighted by atomic mass is 9.95. The third kappa shape index (κ3) is 4.98. The molecule has 0 N–H and O–H groups in total. The van der Waals surface area contributed by atoms with Crippen LogP contribution in [0, 0.1) is 19.3 Å². The summed E-state index contributed by atoms with van der Waals surface area (Å²) < 4.78 is 0.